The van der Waals surface area contributed by atoms with Crippen molar-refractivity contribution in [2.45, 2.75) is 6.92 Å². The van der Waals surface area contributed by atoms with Crippen LogP contribution in [0.3, 0.4) is 0 Å². The Morgan fingerprint density at radius 3 is 2.48 bits per heavy atom. The van der Waals surface area contributed by atoms with Crippen LogP contribution in [0.1, 0.15) is 5.56 Å². The highest BCUT2D eigenvalue weighted by molar-refractivity contribution is 5.76. The Morgan fingerprint density at radius 1 is 0.880 bits per heavy atom. The van der Waals surface area contributed by atoms with E-state index in [0.29, 0.717) is 11.3 Å². The number of aromatic nitrogens is 3. The van der Waals surface area contributed by atoms with Gasteiger partial charge in [0.05, 0.1) is 11.9 Å². The highest BCUT2D eigenvalue weighted by Gasteiger charge is 2.06. The van der Waals surface area contributed by atoms with E-state index < -0.39 is 0 Å². The van der Waals surface area contributed by atoms with E-state index in [-0.39, 0.29) is 5.75 Å². The normalized spacial score (nSPS) is 10.8. The molecule has 0 radical (unpaired) electrons. The molecule has 0 spiro atoms. The van der Waals surface area contributed by atoms with Crippen molar-refractivity contribution in [3.63, 3.8) is 0 Å². The summed E-state index contributed by atoms with van der Waals surface area (Å²) in [5.74, 6) is 0.944. The van der Waals surface area contributed by atoms with Crippen LogP contribution in [0.5, 0.6) is 5.75 Å². The minimum Gasteiger partial charge on any atom is -0.508 e. The van der Waals surface area contributed by atoms with Gasteiger partial charge in [0.2, 0.25) is 0 Å². The highest BCUT2D eigenvalue weighted by Crippen LogP contribution is 2.23. The molecule has 2 aromatic carbocycles. The molecular weight excluding hydrogens is 312 g/mol. The largest absolute Gasteiger partial charge is 0.508 e. The minimum absolute atomic E-state index is 0.223. The zero-order chi connectivity index (χ0) is 17.2. The summed E-state index contributed by atoms with van der Waals surface area (Å²) in [6.07, 6.45) is 1.71. The van der Waals surface area contributed by atoms with Crippen molar-refractivity contribution in [2.75, 3.05) is 5.32 Å². The zero-order valence-electron chi connectivity index (χ0n) is 13.6. The molecule has 0 unspecified atom stereocenters. The van der Waals surface area contributed by atoms with E-state index >= 15 is 0 Å². The van der Waals surface area contributed by atoms with Gasteiger partial charge in [-0.2, -0.15) is 0 Å². The van der Waals surface area contributed by atoms with Gasteiger partial charge >= 0.3 is 0 Å². The zero-order valence-corrected chi connectivity index (χ0v) is 13.6. The molecule has 0 fully saturated rings. The molecule has 25 heavy (non-hydrogen) atoms. The molecule has 0 saturated heterocycles. The van der Waals surface area contributed by atoms with Gasteiger partial charge in [-0.3, -0.25) is 4.98 Å². The van der Waals surface area contributed by atoms with Gasteiger partial charge in [-0.15, -0.1) is 0 Å². The second-order valence-corrected chi connectivity index (χ2v) is 5.78. The third kappa shape index (κ3) is 3.12. The lowest BCUT2D eigenvalue weighted by molar-refractivity contribution is 0.475. The summed E-state index contributed by atoms with van der Waals surface area (Å²) in [5, 5.41) is 12.7. The van der Waals surface area contributed by atoms with Gasteiger partial charge in [0.25, 0.3) is 0 Å². The summed E-state index contributed by atoms with van der Waals surface area (Å²) >= 11 is 0. The predicted molar refractivity (Wildman–Crippen MR) is 98.9 cm³/mol. The summed E-state index contributed by atoms with van der Waals surface area (Å²) in [6.45, 7) is 2.05. The average Bonchev–Trinajstić information content (AvgIpc) is 2.64. The first kappa shape index (κ1) is 15.1. The van der Waals surface area contributed by atoms with Crippen LogP contribution in [0.2, 0.25) is 0 Å². The van der Waals surface area contributed by atoms with Crippen LogP contribution >= 0.6 is 0 Å². The van der Waals surface area contributed by atoms with Crippen molar-refractivity contribution in [2.24, 2.45) is 0 Å². The molecule has 0 saturated carbocycles. The molecule has 0 bridgehead atoms. The number of hydrogen-bond acceptors (Lipinski definition) is 5. The number of fused-ring (bicyclic) bond motifs is 1. The van der Waals surface area contributed by atoms with E-state index in [1.54, 1.807) is 30.5 Å². The Bertz CT molecular complexity index is 1040. The molecule has 0 aliphatic rings. The molecular formula is C20H16N4O. The number of benzene rings is 2. The number of nitrogens with zero attached hydrogens (tertiary/aromatic N) is 3. The Balaban J connectivity index is 1.71. The van der Waals surface area contributed by atoms with Gasteiger partial charge in [-0.1, -0.05) is 18.2 Å². The number of hydrogen-bond donors (Lipinski definition) is 2. The fourth-order valence-electron chi connectivity index (χ4n) is 2.59. The van der Waals surface area contributed by atoms with E-state index in [0.717, 1.165) is 28.1 Å². The van der Waals surface area contributed by atoms with Gasteiger partial charge < -0.3 is 10.4 Å². The average molecular weight is 328 g/mol. The maximum atomic E-state index is 9.42. The monoisotopic (exact) mass is 328 g/mol. The lowest BCUT2D eigenvalue weighted by atomic mass is 10.1. The Kier molecular flexibility index (Phi) is 3.74. The lowest BCUT2D eigenvalue weighted by Gasteiger charge is -2.09. The third-order valence-corrected chi connectivity index (χ3v) is 3.98. The van der Waals surface area contributed by atoms with E-state index in [4.69, 9.17) is 0 Å². The fourth-order valence-corrected chi connectivity index (χ4v) is 2.59. The summed E-state index contributed by atoms with van der Waals surface area (Å²) in [5.41, 5.74) is 5.06. The number of aromatic hydroxyl groups is 1. The number of nitrogens with one attached hydrogen (secondary N) is 1. The number of phenols is 1. The first-order chi connectivity index (χ1) is 12.2. The molecule has 0 aliphatic heterocycles. The standard InChI is InChI=1S/C20H16N4O/c1-13-4-2-3-5-16(13)22-19-11-10-17-20(24-19)23-18(12-21-17)14-6-8-15(25)9-7-14/h2-12,25H,1H3,(H,22,23,24). The van der Waals surface area contributed by atoms with Crippen LogP contribution in [0.15, 0.2) is 66.9 Å². The van der Waals surface area contributed by atoms with E-state index in [1.165, 1.54) is 0 Å². The molecule has 5 heteroatoms. The Morgan fingerprint density at radius 2 is 1.68 bits per heavy atom. The predicted octanol–water partition coefficient (Wildman–Crippen LogP) is 4.45. The highest BCUT2D eigenvalue weighted by atomic mass is 16.3. The van der Waals surface area contributed by atoms with Crippen molar-refractivity contribution >= 4 is 22.7 Å². The number of rotatable bonds is 3. The molecule has 5 nitrogen and oxygen atoms in total. The maximum absolute atomic E-state index is 9.42. The molecule has 0 atom stereocenters. The van der Waals surface area contributed by atoms with Crippen LogP contribution in [0.4, 0.5) is 11.5 Å². The van der Waals surface area contributed by atoms with E-state index in [2.05, 4.69) is 20.3 Å². The summed E-state index contributed by atoms with van der Waals surface area (Å²) in [4.78, 5) is 13.6. The lowest BCUT2D eigenvalue weighted by Crippen LogP contribution is -1.98. The quantitative estimate of drug-likeness (QED) is 0.581. The van der Waals surface area contributed by atoms with Crippen molar-refractivity contribution in [1.29, 1.82) is 0 Å². The van der Waals surface area contributed by atoms with Crippen LogP contribution in [-0.2, 0) is 0 Å². The second-order valence-electron chi connectivity index (χ2n) is 5.78. The Labute approximate surface area is 145 Å². The number of phenolic OH excluding ortho intramolecular Hbond substituents is 1. The SMILES string of the molecule is Cc1ccccc1Nc1ccc2ncc(-c3ccc(O)cc3)nc2n1. The van der Waals surface area contributed by atoms with Gasteiger partial charge in [-0.05, 0) is 55.0 Å². The summed E-state index contributed by atoms with van der Waals surface area (Å²) in [7, 11) is 0. The van der Waals surface area contributed by atoms with Crippen LogP contribution in [0, 0.1) is 6.92 Å². The van der Waals surface area contributed by atoms with Crippen LogP contribution in [0.25, 0.3) is 22.4 Å². The fraction of sp³-hybridized carbons (Fsp3) is 0.0500. The Hall–Kier alpha value is -3.47. The molecule has 4 aromatic rings. The maximum Gasteiger partial charge on any atom is 0.180 e. The van der Waals surface area contributed by atoms with Crippen molar-refractivity contribution in [1.82, 2.24) is 15.0 Å². The van der Waals surface area contributed by atoms with Crippen molar-refractivity contribution in [3.8, 4) is 17.0 Å². The topological polar surface area (TPSA) is 70.9 Å². The first-order valence-corrected chi connectivity index (χ1v) is 7.95. The van der Waals surface area contributed by atoms with Gasteiger partial charge in [-0.25, -0.2) is 9.97 Å². The van der Waals surface area contributed by atoms with Crippen molar-refractivity contribution in [3.05, 3.63) is 72.4 Å². The molecule has 4 rings (SSSR count). The number of para-hydroxylation sites is 1. The molecule has 122 valence electrons. The summed E-state index contributed by atoms with van der Waals surface area (Å²) < 4.78 is 0. The van der Waals surface area contributed by atoms with Crippen LogP contribution < -0.4 is 5.32 Å². The summed E-state index contributed by atoms with van der Waals surface area (Å²) in [6, 6.07) is 18.7. The van der Waals surface area contributed by atoms with Gasteiger partial charge in [0.1, 0.15) is 17.1 Å². The number of anilines is 2. The van der Waals surface area contributed by atoms with E-state index in [9.17, 15) is 5.11 Å². The molecule has 0 aliphatic carbocycles. The molecule has 2 N–H and O–H groups in total. The first-order valence-electron chi connectivity index (χ1n) is 7.95. The van der Waals surface area contributed by atoms with Crippen molar-refractivity contribution < 1.29 is 5.11 Å². The molecule has 2 aromatic heterocycles. The van der Waals surface area contributed by atoms with Gasteiger partial charge in [0.15, 0.2) is 5.65 Å². The van der Waals surface area contributed by atoms with Gasteiger partial charge in [0, 0.05) is 11.3 Å². The molecule has 0 amide bonds. The minimum atomic E-state index is 0.223. The van der Waals surface area contributed by atoms with E-state index in [1.807, 2.05) is 43.3 Å². The number of pyridine rings is 1. The van der Waals surface area contributed by atoms with Crippen LogP contribution in [-0.4, -0.2) is 20.1 Å². The smallest absolute Gasteiger partial charge is 0.180 e. The number of aryl methyl sites for hydroxylation is 1. The molecule has 2 heterocycles. The third-order valence-electron chi connectivity index (χ3n) is 3.98. The second kappa shape index (κ2) is 6.20.